The topological polar surface area (TPSA) is 49.4 Å². The monoisotopic (exact) mass is 226 g/mol. The Labute approximate surface area is 97.4 Å². The number of unbranched alkanes of at least 4 members (excludes halogenated alkanes) is 1. The number of carbonyl (C=O) groups is 2. The van der Waals surface area contributed by atoms with Crippen molar-refractivity contribution in [3.8, 4) is 0 Å². The summed E-state index contributed by atoms with van der Waals surface area (Å²) in [5, 5.41) is 2.78. The van der Waals surface area contributed by atoms with E-state index >= 15 is 0 Å². The van der Waals surface area contributed by atoms with Gasteiger partial charge in [-0.05, 0) is 26.7 Å². The van der Waals surface area contributed by atoms with Gasteiger partial charge in [0.2, 0.25) is 11.8 Å². The molecule has 0 aromatic carbocycles. The largest absolute Gasteiger partial charge is 0.342 e. The molecule has 1 rings (SSSR count). The zero-order valence-corrected chi connectivity index (χ0v) is 10.7. The SMILES string of the molecule is CCCCN1C(=O)C(CC)NC(=O)C1(C)C. The molecule has 0 aromatic heterocycles. The van der Waals surface area contributed by atoms with Gasteiger partial charge < -0.3 is 10.2 Å². The average molecular weight is 226 g/mol. The highest BCUT2D eigenvalue weighted by molar-refractivity contribution is 5.99. The molecule has 1 N–H and O–H groups in total. The minimum Gasteiger partial charge on any atom is -0.342 e. The number of rotatable bonds is 4. The molecule has 4 heteroatoms. The molecule has 1 aliphatic rings. The third-order valence-corrected chi connectivity index (χ3v) is 3.24. The van der Waals surface area contributed by atoms with Crippen molar-refractivity contribution in [1.82, 2.24) is 10.2 Å². The Morgan fingerprint density at radius 1 is 1.31 bits per heavy atom. The zero-order valence-electron chi connectivity index (χ0n) is 10.7. The second-order valence-electron chi connectivity index (χ2n) is 4.84. The van der Waals surface area contributed by atoms with Crippen molar-refractivity contribution < 1.29 is 9.59 Å². The molecule has 92 valence electrons. The van der Waals surface area contributed by atoms with Gasteiger partial charge in [0.25, 0.3) is 0 Å². The molecule has 1 saturated heterocycles. The molecular weight excluding hydrogens is 204 g/mol. The van der Waals surface area contributed by atoms with Crippen LogP contribution in [0.3, 0.4) is 0 Å². The molecule has 1 atom stereocenters. The normalized spacial score (nSPS) is 24.5. The van der Waals surface area contributed by atoms with Crippen molar-refractivity contribution in [3.63, 3.8) is 0 Å². The van der Waals surface area contributed by atoms with Crippen LogP contribution in [0.15, 0.2) is 0 Å². The highest BCUT2D eigenvalue weighted by Gasteiger charge is 2.45. The lowest BCUT2D eigenvalue weighted by Gasteiger charge is -2.44. The van der Waals surface area contributed by atoms with Gasteiger partial charge in [0.15, 0.2) is 0 Å². The fourth-order valence-corrected chi connectivity index (χ4v) is 1.97. The van der Waals surface area contributed by atoms with Crippen molar-refractivity contribution in [2.45, 2.75) is 58.5 Å². The van der Waals surface area contributed by atoms with Crippen molar-refractivity contribution >= 4 is 11.8 Å². The highest BCUT2D eigenvalue weighted by Crippen LogP contribution is 2.22. The maximum atomic E-state index is 12.1. The molecule has 0 bridgehead atoms. The molecule has 0 aromatic rings. The predicted molar refractivity (Wildman–Crippen MR) is 62.9 cm³/mol. The second kappa shape index (κ2) is 4.85. The molecule has 1 fully saturated rings. The van der Waals surface area contributed by atoms with E-state index in [1.165, 1.54) is 0 Å². The van der Waals surface area contributed by atoms with Gasteiger partial charge in [0.1, 0.15) is 11.6 Å². The maximum absolute atomic E-state index is 12.1. The second-order valence-corrected chi connectivity index (χ2v) is 4.84. The van der Waals surface area contributed by atoms with Gasteiger partial charge >= 0.3 is 0 Å². The number of hydrogen-bond donors (Lipinski definition) is 1. The van der Waals surface area contributed by atoms with Crippen molar-refractivity contribution in [1.29, 1.82) is 0 Å². The fourth-order valence-electron chi connectivity index (χ4n) is 1.97. The molecule has 0 aliphatic carbocycles. The standard InChI is InChI=1S/C12H22N2O2/c1-5-7-8-14-10(15)9(6-2)13-11(16)12(14,3)4/h9H,5-8H2,1-4H3,(H,13,16). The summed E-state index contributed by atoms with van der Waals surface area (Å²) in [5.41, 5.74) is -0.710. The van der Waals surface area contributed by atoms with Gasteiger partial charge in [-0.25, -0.2) is 0 Å². The van der Waals surface area contributed by atoms with Gasteiger partial charge in [0.05, 0.1) is 0 Å². The number of amides is 2. The number of carbonyl (C=O) groups excluding carboxylic acids is 2. The lowest BCUT2D eigenvalue weighted by molar-refractivity contribution is -0.155. The number of piperazine rings is 1. The third-order valence-electron chi connectivity index (χ3n) is 3.24. The van der Waals surface area contributed by atoms with Crippen molar-refractivity contribution in [3.05, 3.63) is 0 Å². The van der Waals surface area contributed by atoms with E-state index in [0.717, 1.165) is 12.8 Å². The first kappa shape index (κ1) is 13.0. The van der Waals surface area contributed by atoms with Crippen LogP contribution in [0.1, 0.15) is 47.0 Å². The lowest BCUT2D eigenvalue weighted by atomic mass is 9.94. The van der Waals surface area contributed by atoms with Gasteiger partial charge in [-0.1, -0.05) is 20.3 Å². The molecule has 2 amide bonds. The highest BCUT2D eigenvalue weighted by atomic mass is 16.2. The van der Waals surface area contributed by atoms with E-state index < -0.39 is 5.54 Å². The summed E-state index contributed by atoms with van der Waals surface area (Å²) >= 11 is 0. The van der Waals surface area contributed by atoms with Gasteiger partial charge in [-0.2, -0.15) is 0 Å². The molecule has 4 nitrogen and oxygen atoms in total. The predicted octanol–water partition coefficient (Wildman–Crippen LogP) is 1.30. The zero-order chi connectivity index (χ0) is 12.3. The molecule has 1 unspecified atom stereocenters. The summed E-state index contributed by atoms with van der Waals surface area (Å²) in [5.74, 6) is 0.00982. The van der Waals surface area contributed by atoms with Crippen LogP contribution < -0.4 is 5.32 Å². The minimum atomic E-state index is -0.710. The Kier molecular flexibility index (Phi) is 3.94. The van der Waals surface area contributed by atoms with E-state index in [-0.39, 0.29) is 17.9 Å². The summed E-state index contributed by atoms with van der Waals surface area (Å²) in [6, 6.07) is -0.336. The van der Waals surface area contributed by atoms with Crippen LogP contribution in [0.25, 0.3) is 0 Å². The number of nitrogens with one attached hydrogen (secondary N) is 1. The summed E-state index contributed by atoms with van der Waals surface area (Å²) < 4.78 is 0. The fraction of sp³-hybridized carbons (Fsp3) is 0.833. The van der Waals surface area contributed by atoms with E-state index in [1.54, 1.807) is 4.90 Å². The van der Waals surface area contributed by atoms with Crippen LogP contribution in [-0.4, -0.2) is 34.8 Å². The van der Waals surface area contributed by atoms with Crippen LogP contribution in [0.5, 0.6) is 0 Å². The van der Waals surface area contributed by atoms with Crippen LogP contribution in [0.4, 0.5) is 0 Å². The third kappa shape index (κ3) is 2.20. The molecule has 0 saturated carbocycles. The van der Waals surface area contributed by atoms with Gasteiger partial charge in [-0.3, -0.25) is 9.59 Å². The van der Waals surface area contributed by atoms with Crippen LogP contribution in [0, 0.1) is 0 Å². The Morgan fingerprint density at radius 2 is 1.94 bits per heavy atom. The maximum Gasteiger partial charge on any atom is 0.246 e. The van der Waals surface area contributed by atoms with Crippen molar-refractivity contribution in [2.24, 2.45) is 0 Å². The lowest BCUT2D eigenvalue weighted by Crippen LogP contribution is -2.68. The quantitative estimate of drug-likeness (QED) is 0.785. The first-order valence-electron chi connectivity index (χ1n) is 6.07. The van der Waals surface area contributed by atoms with Crippen LogP contribution in [0.2, 0.25) is 0 Å². The first-order valence-corrected chi connectivity index (χ1v) is 6.07. The van der Waals surface area contributed by atoms with E-state index in [1.807, 2.05) is 20.8 Å². The smallest absolute Gasteiger partial charge is 0.246 e. The summed E-state index contributed by atoms with van der Waals surface area (Å²) in [6.45, 7) is 8.29. The van der Waals surface area contributed by atoms with E-state index in [0.29, 0.717) is 13.0 Å². The first-order chi connectivity index (χ1) is 7.45. The Morgan fingerprint density at radius 3 is 2.44 bits per heavy atom. The van der Waals surface area contributed by atoms with E-state index in [9.17, 15) is 9.59 Å². The average Bonchev–Trinajstić information content (AvgIpc) is 2.23. The minimum absolute atomic E-state index is 0.0462. The van der Waals surface area contributed by atoms with E-state index in [2.05, 4.69) is 12.2 Å². The van der Waals surface area contributed by atoms with Gasteiger partial charge in [-0.15, -0.1) is 0 Å². The van der Waals surface area contributed by atoms with Crippen LogP contribution in [-0.2, 0) is 9.59 Å². The number of hydrogen-bond acceptors (Lipinski definition) is 2. The Balaban J connectivity index is 2.87. The molecule has 0 spiro atoms. The van der Waals surface area contributed by atoms with Crippen LogP contribution >= 0.6 is 0 Å². The molecule has 0 radical (unpaired) electrons. The van der Waals surface area contributed by atoms with Crippen molar-refractivity contribution in [2.75, 3.05) is 6.54 Å². The molecule has 1 aliphatic heterocycles. The van der Waals surface area contributed by atoms with Gasteiger partial charge in [0, 0.05) is 6.54 Å². The number of nitrogens with zero attached hydrogens (tertiary/aromatic N) is 1. The van der Waals surface area contributed by atoms with E-state index in [4.69, 9.17) is 0 Å². The summed E-state index contributed by atoms with van der Waals surface area (Å²) in [6.07, 6.45) is 2.63. The molecule has 16 heavy (non-hydrogen) atoms. The molecular formula is C12H22N2O2. The summed E-state index contributed by atoms with van der Waals surface area (Å²) in [7, 11) is 0. The Hall–Kier alpha value is -1.06. The summed E-state index contributed by atoms with van der Waals surface area (Å²) in [4.78, 5) is 25.8. The molecule has 1 heterocycles. The Bertz CT molecular complexity index is 287.